The molecule has 2 aromatic carbocycles. The second-order valence-electron chi connectivity index (χ2n) is 5.57. The van der Waals surface area contributed by atoms with Crippen LogP contribution in [0.4, 0.5) is 0 Å². The van der Waals surface area contributed by atoms with Gasteiger partial charge in [-0.2, -0.15) is 4.31 Å². The fourth-order valence-corrected chi connectivity index (χ4v) is 4.72. The molecule has 0 bridgehead atoms. The summed E-state index contributed by atoms with van der Waals surface area (Å²) in [6.45, 7) is 1.16. The van der Waals surface area contributed by atoms with Crippen molar-refractivity contribution in [1.82, 2.24) is 4.31 Å². The normalized spacial score (nSPS) is 20.0. The van der Waals surface area contributed by atoms with E-state index in [0.29, 0.717) is 18.0 Å². The zero-order valence-corrected chi connectivity index (χ0v) is 14.6. The van der Waals surface area contributed by atoms with Crippen molar-refractivity contribution in [2.45, 2.75) is 23.7 Å². The summed E-state index contributed by atoms with van der Waals surface area (Å²) in [5.74, 6) is 0.264. The third-order valence-electron chi connectivity index (χ3n) is 4.11. The van der Waals surface area contributed by atoms with E-state index in [9.17, 15) is 8.42 Å². The van der Waals surface area contributed by atoms with Crippen LogP contribution in [0.25, 0.3) is 0 Å². The Kier molecular flexibility index (Phi) is 4.66. The minimum Gasteiger partial charge on any atom is -0.207 e. The van der Waals surface area contributed by atoms with Crippen LogP contribution in [0, 0.1) is 0 Å². The fraction of sp³-hybridized carbons (Fsp3) is 0.294. The molecule has 2 aromatic rings. The number of benzene rings is 2. The van der Waals surface area contributed by atoms with E-state index in [2.05, 4.69) is 28.1 Å². The molecular weight excluding hydrogens is 362 g/mol. The summed E-state index contributed by atoms with van der Waals surface area (Å²) in [5.41, 5.74) is 1.20. The number of sulfonamides is 1. The molecule has 0 unspecified atom stereocenters. The lowest BCUT2D eigenvalue weighted by molar-refractivity contribution is 0.315. The highest BCUT2D eigenvalue weighted by Crippen LogP contribution is 2.30. The zero-order chi connectivity index (χ0) is 15.6. The summed E-state index contributed by atoms with van der Waals surface area (Å²) in [5, 5.41) is 0. The van der Waals surface area contributed by atoms with Crippen LogP contribution in [0.15, 0.2) is 64.0 Å². The monoisotopic (exact) mass is 379 g/mol. The molecule has 116 valence electrons. The van der Waals surface area contributed by atoms with Gasteiger partial charge in [-0.1, -0.05) is 46.3 Å². The molecule has 0 N–H and O–H groups in total. The Morgan fingerprint density at radius 2 is 1.68 bits per heavy atom. The van der Waals surface area contributed by atoms with Crippen molar-refractivity contribution in [3.63, 3.8) is 0 Å². The first-order valence-corrected chi connectivity index (χ1v) is 9.61. The van der Waals surface area contributed by atoms with E-state index in [0.717, 1.165) is 17.3 Å². The van der Waals surface area contributed by atoms with Crippen molar-refractivity contribution >= 4 is 26.0 Å². The average Bonchev–Trinajstić information content (AvgIpc) is 2.56. The maximum Gasteiger partial charge on any atom is 0.243 e. The Morgan fingerprint density at radius 3 is 2.36 bits per heavy atom. The molecule has 1 saturated heterocycles. The molecule has 3 nitrogen and oxygen atoms in total. The van der Waals surface area contributed by atoms with E-state index >= 15 is 0 Å². The molecular formula is C17H18BrNO2S. The highest BCUT2D eigenvalue weighted by Gasteiger charge is 2.30. The number of piperidine rings is 1. The molecule has 22 heavy (non-hydrogen) atoms. The standard InChI is InChI=1S/C17H18BrNO2S/c18-16-10-8-14(9-11-16)15-5-4-12-19(13-15)22(20,21)17-6-2-1-3-7-17/h1-3,6-11,15H,4-5,12-13H2/t15-/m1/s1. The smallest absolute Gasteiger partial charge is 0.207 e. The highest BCUT2D eigenvalue weighted by atomic mass is 79.9. The van der Waals surface area contributed by atoms with E-state index in [1.807, 2.05) is 18.2 Å². The second kappa shape index (κ2) is 6.52. The van der Waals surface area contributed by atoms with E-state index in [1.54, 1.807) is 28.6 Å². The van der Waals surface area contributed by atoms with E-state index in [1.165, 1.54) is 5.56 Å². The summed E-state index contributed by atoms with van der Waals surface area (Å²) in [4.78, 5) is 0.381. The van der Waals surface area contributed by atoms with Gasteiger partial charge < -0.3 is 0 Å². The summed E-state index contributed by atoms with van der Waals surface area (Å²) < 4.78 is 28.1. The largest absolute Gasteiger partial charge is 0.243 e. The van der Waals surface area contributed by atoms with Crippen LogP contribution in [0.2, 0.25) is 0 Å². The number of hydrogen-bond donors (Lipinski definition) is 0. The minimum absolute atomic E-state index is 0.264. The third-order valence-corrected chi connectivity index (χ3v) is 6.51. The molecule has 1 aliphatic heterocycles. The van der Waals surface area contributed by atoms with E-state index in [-0.39, 0.29) is 5.92 Å². The zero-order valence-electron chi connectivity index (χ0n) is 12.2. The molecule has 0 saturated carbocycles. The number of rotatable bonds is 3. The van der Waals surface area contributed by atoms with Crippen molar-refractivity contribution < 1.29 is 8.42 Å². The summed E-state index contributed by atoms with van der Waals surface area (Å²) in [6, 6.07) is 16.9. The fourth-order valence-electron chi connectivity index (χ4n) is 2.91. The van der Waals surface area contributed by atoms with Gasteiger partial charge in [-0.05, 0) is 48.6 Å². The summed E-state index contributed by atoms with van der Waals surface area (Å²) >= 11 is 3.44. The van der Waals surface area contributed by atoms with Crippen LogP contribution in [-0.2, 0) is 10.0 Å². The lowest BCUT2D eigenvalue weighted by atomic mass is 9.92. The van der Waals surface area contributed by atoms with Crippen LogP contribution >= 0.6 is 15.9 Å². The predicted octanol–water partition coefficient (Wildman–Crippen LogP) is 4.02. The second-order valence-corrected chi connectivity index (χ2v) is 8.42. The molecule has 0 aromatic heterocycles. The van der Waals surface area contributed by atoms with Crippen molar-refractivity contribution in [2.24, 2.45) is 0 Å². The Labute approximate surface area is 140 Å². The highest BCUT2D eigenvalue weighted by molar-refractivity contribution is 9.10. The Balaban J connectivity index is 1.82. The van der Waals surface area contributed by atoms with Gasteiger partial charge in [-0.3, -0.25) is 0 Å². The van der Waals surface area contributed by atoms with Gasteiger partial charge in [0.15, 0.2) is 0 Å². The van der Waals surface area contributed by atoms with Crippen molar-refractivity contribution in [2.75, 3.05) is 13.1 Å². The molecule has 1 aliphatic rings. The van der Waals surface area contributed by atoms with Crippen molar-refractivity contribution in [1.29, 1.82) is 0 Å². The quantitative estimate of drug-likeness (QED) is 0.807. The van der Waals surface area contributed by atoms with Crippen LogP contribution in [-0.4, -0.2) is 25.8 Å². The SMILES string of the molecule is O=S(=O)(c1ccccc1)N1CCC[C@@H](c2ccc(Br)cc2)C1. The molecule has 0 radical (unpaired) electrons. The third kappa shape index (κ3) is 3.26. The Hall–Kier alpha value is -1.17. The van der Waals surface area contributed by atoms with E-state index < -0.39 is 10.0 Å². The van der Waals surface area contributed by atoms with Gasteiger partial charge in [-0.25, -0.2) is 8.42 Å². The average molecular weight is 380 g/mol. The molecule has 1 atom stereocenters. The van der Waals surface area contributed by atoms with Gasteiger partial charge in [0.25, 0.3) is 0 Å². The van der Waals surface area contributed by atoms with Crippen LogP contribution in [0.1, 0.15) is 24.3 Å². The molecule has 0 amide bonds. The van der Waals surface area contributed by atoms with Crippen molar-refractivity contribution in [3.8, 4) is 0 Å². The molecule has 0 aliphatic carbocycles. The lowest BCUT2D eigenvalue weighted by Gasteiger charge is -2.32. The van der Waals surface area contributed by atoms with Gasteiger partial charge in [-0.15, -0.1) is 0 Å². The van der Waals surface area contributed by atoms with Gasteiger partial charge in [0.2, 0.25) is 10.0 Å². The maximum absolute atomic E-state index is 12.7. The maximum atomic E-state index is 12.7. The van der Waals surface area contributed by atoms with Gasteiger partial charge in [0.1, 0.15) is 0 Å². The van der Waals surface area contributed by atoms with Crippen LogP contribution in [0.3, 0.4) is 0 Å². The van der Waals surface area contributed by atoms with E-state index in [4.69, 9.17) is 0 Å². The molecule has 1 heterocycles. The molecule has 0 spiro atoms. The van der Waals surface area contributed by atoms with Gasteiger partial charge >= 0.3 is 0 Å². The minimum atomic E-state index is -3.39. The first kappa shape index (κ1) is 15.7. The first-order valence-electron chi connectivity index (χ1n) is 7.38. The topological polar surface area (TPSA) is 37.4 Å². The molecule has 5 heteroatoms. The Bertz CT molecular complexity index is 729. The van der Waals surface area contributed by atoms with Crippen LogP contribution in [0.5, 0.6) is 0 Å². The molecule has 3 rings (SSSR count). The Morgan fingerprint density at radius 1 is 1.00 bits per heavy atom. The van der Waals surface area contributed by atoms with Gasteiger partial charge in [0.05, 0.1) is 4.90 Å². The number of halogens is 1. The van der Waals surface area contributed by atoms with Gasteiger partial charge in [0, 0.05) is 17.6 Å². The predicted molar refractivity (Wildman–Crippen MR) is 91.3 cm³/mol. The first-order chi connectivity index (χ1) is 10.6. The number of hydrogen-bond acceptors (Lipinski definition) is 2. The lowest BCUT2D eigenvalue weighted by Crippen LogP contribution is -2.39. The summed E-state index contributed by atoms with van der Waals surface area (Å²) in [7, 11) is -3.39. The van der Waals surface area contributed by atoms with Crippen LogP contribution < -0.4 is 0 Å². The summed E-state index contributed by atoms with van der Waals surface area (Å²) in [6.07, 6.45) is 1.93. The molecule has 1 fully saturated rings. The van der Waals surface area contributed by atoms with Crippen molar-refractivity contribution in [3.05, 3.63) is 64.6 Å². The number of nitrogens with zero attached hydrogens (tertiary/aromatic N) is 1.